The number of aryl methyl sites for hydroxylation is 1. The lowest BCUT2D eigenvalue weighted by molar-refractivity contribution is 0.0167. The number of ether oxygens (including phenoxy) is 2. The zero-order chi connectivity index (χ0) is 23.3. The van der Waals surface area contributed by atoms with Gasteiger partial charge in [-0.1, -0.05) is 20.8 Å². The van der Waals surface area contributed by atoms with Crippen LogP contribution in [0, 0.1) is 12.3 Å². The average Bonchev–Trinajstić information content (AvgIpc) is 3.15. The maximum Gasteiger partial charge on any atom is 0.126 e. The molecule has 0 aliphatic rings. The lowest BCUT2D eigenvalue weighted by Gasteiger charge is -2.38. The third-order valence-electron chi connectivity index (χ3n) is 5.62. The molecule has 0 spiro atoms. The summed E-state index contributed by atoms with van der Waals surface area (Å²) < 4.78 is 11.6. The van der Waals surface area contributed by atoms with Crippen molar-refractivity contribution in [1.29, 1.82) is 0 Å². The first kappa shape index (κ1) is 22.6. The molecule has 32 heavy (non-hydrogen) atoms. The average molecular weight is 447 g/mol. The summed E-state index contributed by atoms with van der Waals surface area (Å²) in [6.07, 6.45) is 1.73. The molecule has 0 aliphatic heterocycles. The number of benzene rings is 2. The van der Waals surface area contributed by atoms with Crippen LogP contribution in [0.1, 0.15) is 37.6 Å². The van der Waals surface area contributed by atoms with Gasteiger partial charge >= 0.3 is 0 Å². The summed E-state index contributed by atoms with van der Waals surface area (Å²) in [5.74, 6) is 0.619. The first-order valence-electron chi connectivity index (χ1n) is 10.3. The molecule has 0 fully saturated rings. The van der Waals surface area contributed by atoms with Crippen molar-refractivity contribution in [3.05, 3.63) is 47.3 Å². The molecule has 0 bridgehead atoms. The van der Waals surface area contributed by atoms with E-state index in [1.807, 2.05) is 39.8 Å². The second-order valence-electron chi connectivity index (χ2n) is 9.03. The summed E-state index contributed by atoms with van der Waals surface area (Å²) >= 11 is 1.51. The number of aromatic nitrogens is 3. The Morgan fingerprint density at radius 2 is 1.81 bits per heavy atom. The molecule has 164 valence electrons. The van der Waals surface area contributed by atoms with Gasteiger partial charge in [-0.05, 0) is 42.2 Å². The SMILES string of the molecule is [B]C(O)(c1cc(OC)cc2sc(-c3cc(C)cc4nc(COC)cnc34)nc12)C(C)(C)C. The first-order chi connectivity index (χ1) is 15.0. The molecule has 6 nitrogen and oxygen atoms in total. The van der Waals surface area contributed by atoms with E-state index in [-0.39, 0.29) is 0 Å². The lowest BCUT2D eigenvalue weighted by atomic mass is 9.60. The fourth-order valence-electron chi connectivity index (χ4n) is 3.62. The third kappa shape index (κ3) is 3.87. The Morgan fingerprint density at radius 3 is 2.47 bits per heavy atom. The molecular formula is C24H26BN3O3S. The van der Waals surface area contributed by atoms with Crippen molar-refractivity contribution < 1.29 is 14.6 Å². The van der Waals surface area contributed by atoms with Gasteiger partial charge in [0.05, 0.1) is 52.4 Å². The Labute approximate surface area is 193 Å². The highest BCUT2D eigenvalue weighted by atomic mass is 32.1. The molecule has 1 unspecified atom stereocenters. The van der Waals surface area contributed by atoms with E-state index < -0.39 is 10.9 Å². The van der Waals surface area contributed by atoms with Crippen LogP contribution < -0.4 is 4.74 Å². The molecule has 4 aromatic rings. The molecule has 0 saturated carbocycles. The number of hydrogen-bond acceptors (Lipinski definition) is 7. The number of hydrogen-bond donors (Lipinski definition) is 1. The molecule has 2 heterocycles. The largest absolute Gasteiger partial charge is 0.497 e. The van der Waals surface area contributed by atoms with E-state index in [1.54, 1.807) is 26.5 Å². The van der Waals surface area contributed by atoms with E-state index in [4.69, 9.17) is 27.3 Å². The summed E-state index contributed by atoms with van der Waals surface area (Å²) in [7, 11) is 9.68. The molecule has 1 atom stereocenters. The second kappa shape index (κ2) is 8.10. The van der Waals surface area contributed by atoms with E-state index in [1.165, 1.54) is 11.3 Å². The molecule has 0 saturated heterocycles. The van der Waals surface area contributed by atoms with Crippen LogP contribution in [-0.2, 0) is 16.8 Å². The Morgan fingerprint density at radius 1 is 1.06 bits per heavy atom. The predicted octanol–water partition coefficient (Wildman–Crippen LogP) is 4.73. The highest BCUT2D eigenvalue weighted by molar-refractivity contribution is 7.21. The van der Waals surface area contributed by atoms with E-state index in [0.717, 1.165) is 37.6 Å². The summed E-state index contributed by atoms with van der Waals surface area (Å²) in [5, 5.41) is 12.0. The minimum Gasteiger partial charge on any atom is -0.497 e. The van der Waals surface area contributed by atoms with Crippen molar-refractivity contribution >= 4 is 40.4 Å². The maximum absolute atomic E-state index is 11.3. The van der Waals surface area contributed by atoms with E-state index in [9.17, 15) is 5.11 Å². The van der Waals surface area contributed by atoms with Gasteiger partial charge in [-0.15, -0.1) is 11.3 Å². The second-order valence-corrected chi connectivity index (χ2v) is 10.1. The number of thiazole rings is 1. The van der Waals surface area contributed by atoms with Crippen molar-refractivity contribution in [2.45, 2.75) is 39.8 Å². The van der Waals surface area contributed by atoms with Crippen LogP contribution in [-0.4, -0.2) is 42.1 Å². The number of nitrogens with zero attached hydrogens (tertiary/aromatic N) is 3. The Kier molecular flexibility index (Phi) is 5.73. The van der Waals surface area contributed by atoms with Crippen LogP contribution in [0.25, 0.3) is 31.8 Å². The monoisotopic (exact) mass is 447 g/mol. The normalized spacial score (nSPS) is 14.1. The summed E-state index contributed by atoms with van der Waals surface area (Å²) in [6, 6.07) is 7.74. The van der Waals surface area contributed by atoms with Crippen molar-refractivity contribution in [2.24, 2.45) is 5.41 Å². The van der Waals surface area contributed by atoms with Crippen molar-refractivity contribution in [3.8, 4) is 16.3 Å². The fourth-order valence-corrected chi connectivity index (χ4v) is 4.65. The van der Waals surface area contributed by atoms with Gasteiger partial charge in [-0.2, -0.15) is 0 Å². The standard InChI is InChI=1S/C24H26BN3O3S/c1-13-7-16(20-18(8-13)27-14(11-26-20)12-30-5)22-28-21-17(24(25,29)23(2,3)4)9-15(31-6)10-19(21)32-22/h7-11,29H,12H2,1-6H3. The molecule has 0 aliphatic carbocycles. The minimum atomic E-state index is -1.60. The zero-order valence-electron chi connectivity index (χ0n) is 19.2. The van der Waals surface area contributed by atoms with Crippen molar-refractivity contribution in [3.63, 3.8) is 0 Å². The predicted molar refractivity (Wildman–Crippen MR) is 129 cm³/mol. The van der Waals surface area contributed by atoms with E-state index >= 15 is 0 Å². The highest BCUT2D eigenvalue weighted by Gasteiger charge is 2.38. The van der Waals surface area contributed by atoms with Crippen LogP contribution in [0.5, 0.6) is 5.75 Å². The lowest BCUT2D eigenvalue weighted by Crippen LogP contribution is -2.40. The van der Waals surface area contributed by atoms with E-state index in [2.05, 4.69) is 11.1 Å². The number of rotatable bonds is 5. The van der Waals surface area contributed by atoms with Gasteiger partial charge in [0.1, 0.15) is 18.6 Å². The van der Waals surface area contributed by atoms with Crippen LogP contribution in [0.4, 0.5) is 0 Å². The molecule has 2 aromatic carbocycles. The number of methoxy groups -OCH3 is 2. The van der Waals surface area contributed by atoms with Gasteiger partial charge in [0.2, 0.25) is 0 Å². The van der Waals surface area contributed by atoms with Crippen LogP contribution in [0.3, 0.4) is 0 Å². The summed E-state index contributed by atoms with van der Waals surface area (Å²) in [4.78, 5) is 14.3. The number of aliphatic hydroxyl groups is 1. The van der Waals surface area contributed by atoms with Crippen LogP contribution in [0.15, 0.2) is 30.5 Å². The van der Waals surface area contributed by atoms with Crippen molar-refractivity contribution in [2.75, 3.05) is 14.2 Å². The topological polar surface area (TPSA) is 77.4 Å². The van der Waals surface area contributed by atoms with E-state index in [0.29, 0.717) is 23.4 Å². The first-order valence-corrected chi connectivity index (χ1v) is 11.1. The Balaban J connectivity index is 1.97. The van der Waals surface area contributed by atoms with Crippen molar-refractivity contribution in [1.82, 2.24) is 15.0 Å². The molecular weight excluding hydrogens is 421 g/mol. The Hall–Kier alpha value is -2.55. The summed E-state index contributed by atoms with van der Waals surface area (Å²) in [5.41, 5.74) is 3.24. The van der Waals surface area contributed by atoms with Gasteiger partial charge in [0.25, 0.3) is 0 Å². The zero-order valence-corrected chi connectivity index (χ0v) is 20.0. The highest BCUT2D eigenvalue weighted by Crippen LogP contribution is 2.44. The quantitative estimate of drug-likeness (QED) is 0.446. The maximum atomic E-state index is 11.3. The molecule has 1 N–H and O–H groups in total. The molecule has 0 amide bonds. The summed E-state index contributed by atoms with van der Waals surface area (Å²) in [6.45, 7) is 8.11. The third-order valence-corrected chi connectivity index (χ3v) is 6.66. The smallest absolute Gasteiger partial charge is 0.126 e. The molecule has 2 aromatic heterocycles. The van der Waals surface area contributed by atoms with Crippen LogP contribution in [0.2, 0.25) is 0 Å². The van der Waals surface area contributed by atoms with Gasteiger partial charge in [0, 0.05) is 18.2 Å². The van der Waals surface area contributed by atoms with Gasteiger partial charge < -0.3 is 14.6 Å². The van der Waals surface area contributed by atoms with Gasteiger partial charge in [0.15, 0.2) is 0 Å². The fraction of sp³-hybridized carbons (Fsp3) is 0.375. The number of fused-ring (bicyclic) bond motifs is 2. The molecule has 4 rings (SSSR count). The molecule has 2 radical (unpaired) electrons. The molecule has 8 heteroatoms. The van der Waals surface area contributed by atoms with Gasteiger partial charge in [-0.3, -0.25) is 4.98 Å². The minimum absolute atomic E-state index is 0.401. The van der Waals surface area contributed by atoms with Gasteiger partial charge in [-0.25, -0.2) is 9.97 Å². The van der Waals surface area contributed by atoms with Crippen LogP contribution >= 0.6 is 11.3 Å². The Bertz CT molecular complexity index is 1310.